The molecule has 0 aromatic rings. The number of carbonyl (C=O) groups excluding carboxylic acids is 1. The molecule has 0 bridgehead atoms. The Labute approximate surface area is 117 Å². The smallest absolute Gasteiger partial charge is 0.240 e. The van der Waals surface area contributed by atoms with Crippen LogP contribution in [0.15, 0.2) is 0 Å². The molecule has 0 aromatic carbocycles. The van der Waals surface area contributed by atoms with E-state index in [4.69, 9.17) is 5.73 Å². The zero-order valence-corrected chi connectivity index (χ0v) is 12.4. The van der Waals surface area contributed by atoms with Crippen LogP contribution in [-0.2, 0) is 4.79 Å². The SMILES string of the molecule is C[C@H](NC(=O)C1(N)CCCCC1)C1CCCCCC1. The van der Waals surface area contributed by atoms with Crippen LogP contribution in [0.2, 0.25) is 0 Å². The largest absolute Gasteiger partial charge is 0.352 e. The molecule has 0 heterocycles. The normalized spacial score (nSPS) is 26.4. The third-order valence-electron chi connectivity index (χ3n) is 5.16. The molecule has 0 unspecified atom stereocenters. The van der Waals surface area contributed by atoms with Crippen molar-refractivity contribution in [3.63, 3.8) is 0 Å². The van der Waals surface area contributed by atoms with Crippen LogP contribution in [-0.4, -0.2) is 17.5 Å². The maximum atomic E-state index is 12.4. The van der Waals surface area contributed by atoms with Crippen LogP contribution >= 0.6 is 0 Å². The summed E-state index contributed by atoms with van der Waals surface area (Å²) in [4.78, 5) is 12.4. The molecule has 0 aliphatic heterocycles. The minimum atomic E-state index is -0.586. The predicted molar refractivity (Wildman–Crippen MR) is 78.8 cm³/mol. The second-order valence-electron chi connectivity index (χ2n) is 6.73. The second kappa shape index (κ2) is 6.74. The van der Waals surface area contributed by atoms with Gasteiger partial charge in [0.2, 0.25) is 5.91 Å². The molecule has 1 atom stereocenters. The van der Waals surface area contributed by atoms with Gasteiger partial charge in [0.1, 0.15) is 0 Å². The number of amides is 1. The summed E-state index contributed by atoms with van der Waals surface area (Å²) in [6.45, 7) is 2.17. The van der Waals surface area contributed by atoms with Gasteiger partial charge < -0.3 is 11.1 Å². The molecule has 0 radical (unpaired) electrons. The molecule has 110 valence electrons. The highest BCUT2D eigenvalue weighted by Crippen LogP contribution is 2.28. The van der Waals surface area contributed by atoms with E-state index >= 15 is 0 Å². The van der Waals surface area contributed by atoms with Crippen LogP contribution in [0, 0.1) is 5.92 Å². The van der Waals surface area contributed by atoms with Gasteiger partial charge in [-0.25, -0.2) is 0 Å². The van der Waals surface area contributed by atoms with Crippen molar-refractivity contribution >= 4 is 5.91 Å². The molecule has 1 amide bonds. The number of nitrogens with one attached hydrogen (secondary N) is 1. The molecule has 3 N–H and O–H groups in total. The third kappa shape index (κ3) is 3.95. The van der Waals surface area contributed by atoms with Crippen molar-refractivity contribution in [1.82, 2.24) is 5.32 Å². The monoisotopic (exact) mass is 266 g/mol. The fourth-order valence-corrected chi connectivity index (χ4v) is 3.69. The van der Waals surface area contributed by atoms with Gasteiger partial charge in [-0.3, -0.25) is 4.79 Å². The Hall–Kier alpha value is -0.570. The minimum absolute atomic E-state index is 0.101. The van der Waals surface area contributed by atoms with Gasteiger partial charge in [0.25, 0.3) is 0 Å². The van der Waals surface area contributed by atoms with Gasteiger partial charge in [-0.15, -0.1) is 0 Å². The molecule has 3 nitrogen and oxygen atoms in total. The van der Waals surface area contributed by atoms with Gasteiger partial charge in [-0.1, -0.05) is 44.9 Å². The average molecular weight is 266 g/mol. The van der Waals surface area contributed by atoms with E-state index in [-0.39, 0.29) is 11.9 Å². The Kier molecular flexibility index (Phi) is 5.26. The summed E-state index contributed by atoms with van der Waals surface area (Å²) in [5.41, 5.74) is 5.71. The van der Waals surface area contributed by atoms with Gasteiger partial charge in [0, 0.05) is 6.04 Å². The van der Waals surface area contributed by atoms with Crippen molar-refractivity contribution in [1.29, 1.82) is 0 Å². The molecule has 0 saturated heterocycles. The minimum Gasteiger partial charge on any atom is -0.352 e. The Balaban J connectivity index is 1.86. The van der Waals surface area contributed by atoms with Crippen molar-refractivity contribution in [3.8, 4) is 0 Å². The summed E-state index contributed by atoms with van der Waals surface area (Å²) >= 11 is 0. The maximum Gasteiger partial charge on any atom is 0.240 e. The summed E-state index contributed by atoms with van der Waals surface area (Å²) < 4.78 is 0. The highest BCUT2D eigenvalue weighted by atomic mass is 16.2. The maximum absolute atomic E-state index is 12.4. The summed E-state index contributed by atoms with van der Waals surface area (Å²) in [6, 6.07) is 0.285. The van der Waals surface area contributed by atoms with Gasteiger partial charge in [-0.05, 0) is 38.5 Å². The fraction of sp³-hybridized carbons (Fsp3) is 0.938. The molecular formula is C16H30N2O. The summed E-state index contributed by atoms with van der Waals surface area (Å²) in [5, 5.41) is 3.22. The Bertz CT molecular complexity index is 289. The standard InChI is InChI=1S/C16H30N2O/c1-13(14-9-5-2-3-6-10-14)18-15(19)16(17)11-7-4-8-12-16/h13-14H,2-12,17H2,1H3,(H,18,19)/t13-/m0/s1. The predicted octanol–water partition coefficient (Wildman–Crippen LogP) is 3.12. The quantitative estimate of drug-likeness (QED) is 0.771. The average Bonchev–Trinajstić information content (AvgIpc) is 2.68. The van der Waals surface area contributed by atoms with E-state index in [0.717, 1.165) is 25.7 Å². The van der Waals surface area contributed by atoms with Crippen molar-refractivity contribution in [2.24, 2.45) is 11.7 Å². The zero-order chi connectivity index (χ0) is 13.7. The highest BCUT2D eigenvalue weighted by Gasteiger charge is 2.36. The van der Waals surface area contributed by atoms with Crippen LogP contribution in [0.5, 0.6) is 0 Å². The lowest BCUT2D eigenvalue weighted by molar-refractivity contribution is -0.128. The van der Waals surface area contributed by atoms with Crippen LogP contribution in [0.25, 0.3) is 0 Å². The van der Waals surface area contributed by atoms with Crippen molar-refractivity contribution in [3.05, 3.63) is 0 Å². The van der Waals surface area contributed by atoms with Crippen molar-refractivity contribution < 1.29 is 4.79 Å². The molecule has 2 aliphatic carbocycles. The van der Waals surface area contributed by atoms with E-state index in [1.165, 1.54) is 44.9 Å². The first-order valence-electron chi connectivity index (χ1n) is 8.22. The lowest BCUT2D eigenvalue weighted by Gasteiger charge is -2.34. The molecule has 0 aromatic heterocycles. The molecule has 2 fully saturated rings. The van der Waals surface area contributed by atoms with Crippen LogP contribution in [0.3, 0.4) is 0 Å². The Morgan fingerprint density at radius 1 is 1.05 bits per heavy atom. The molecule has 2 rings (SSSR count). The van der Waals surface area contributed by atoms with Gasteiger partial charge >= 0.3 is 0 Å². The number of rotatable bonds is 3. The molecule has 3 heteroatoms. The lowest BCUT2D eigenvalue weighted by Crippen LogP contribution is -2.57. The molecule has 2 saturated carbocycles. The van der Waals surface area contributed by atoms with Crippen molar-refractivity contribution in [2.75, 3.05) is 0 Å². The van der Waals surface area contributed by atoms with E-state index in [1.807, 2.05) is 0 Å². The first-order chi connectivity index (χ1) is 9.12. The fourth-order valence-electron chi connectivity index (χ4n) is 3.69. The van der Waals surface area contributed by atoms with Gasteiger partial charge in [-0.2, -0.15) is 0 Å². The summed E-state index contributed by atoms with van der Waals surface area (Å²) in [5.74, 6) is 0.752. The first kappa shape index (κ1) is 14.8. The highest BCUT2D eigenvalue weighted by molar-refractivity contribution is 5.86. The van der Waals surface area contributed by atoms with Crippen LogP contribution in [0.4, 0.5) is 0 Å². The Morgan fingerprint density at radius 2 is 1.58 bits per heavy atom. The summed E-state index contributed by atoms with van der Waals surface area (Å²) in [6.07, 6.45) is 13.0. The lowest BCUT2D eigenvalue weighted by atomic mass is 9.81. The third-order valence-corrected chi connectivity index (χ3v) is 5.16. The van der Waals surface area contributed by atoms with E-state index in [0.29, 0.717) is 5.92 Å². The van der Waals surface area contributed by atoms with E-state index in [1.54, 1.807) is 0 Å². The topological polar surface area (TPSA) is 55.1 Å². The first-order valence-corrected chi connectivity index (χ1v) is 8.22. The molecular weight excluding hydrogens is 236 g/mol. The van der Waals surface area contributed by atoms with Crippen molar-refractivity contribution in [2.45, 2.75) is 89.1 Å². The second-order valence-corrected chi connectivity index (χ2v) is 6.73. The van der Waals surface area contributed by atoms with Crippen LogP contribution in [0.1, 0.15) is 77.6 Å². The van der Waals surface area contributed by atoms with E-state index in [9.17, 15) is 4.79 Å². The molecule has 0 spiro atoms. The zero-order valence-electron chi connectivity index (χ0n) is 12.4. The molecule has 19 heavy (non-hydrogen) atoms. The van der Waals surface area contributed by atoms with E-state index in [2.05, 4.69) is 12.2 Å². The number of hydrogen-bond acceptors (Lipinski definition) is 2. The summed E-state index contributed by atoms with van der Waals surface area (Å²) in [7, 11) is 0. The Morgan fingerprint density at radius 3 is 2.16 bits per heavy atom. The number of carbonyl (C=O) groups is 1. The van der Waals surface area contributed by atoms with Gasteiger partial charge in [0.05, 0.1) is 5.54 Å². The van der Waals surface area contributed by atoms with Gasteiger partial charge in [0.15, 0.2) is 0 Å². The van der Waals surface area contributed by atoms with Crippen LogP contribution < -0.4 is 11.1 Å². The van der Waals surface area contributed by atoms with E-state index < -0.39 is 5.54 Å². The number of nitrogens with two attached hydrogens (primary N) is 1. The molecule has 2 aliphatic rings. The number of hydrogen-bond donors (Lipinski definition) is 2.